The maximum Gasteiger partial charge on any atom is 0.253 e. The lowest BCUT2D eigenvalue weighted by Gasteiger charge is -2.32. The van der Waals surface area contributed by atoms with Crippen LogP contribution in [0.5, 0.6) is 0 Å². The molecule has 8 heteroatoms. The molecule has 2 aromatic carbocycles. The number of halogens is 1. The highest BCUT2D eigenvalue weighted by atomic mass is 35.5. The first kappa shape index (κ1) is 20.5. The lowest BCUT2D eigenvalue weighted by atomic mass is 10.1. The molecule has 4 aromatic rings. The molecule has 0 unspecified atom stereocenters. The van der Waals surface area contributed by atoms with E-state index in [2.05, 4.69) is 32.2 Å². The van der Waals surface area contributed by atoms with Crippen LogP contribution in [0.15, 0.2) is 60.9 Å². The number of fused-ring (bicyclic) bond motifs is 1. The molecule has 1 aliphatic rings. The topological polar surface area (TPSA) is 77.2 Å². The van der Waals surface area contributed by atoms with Crippen LogP contribution in [-0.2, 0) is 0 Å². The van der Waals surface area contributed by atoms with E-state index in [0.717, 1.165) is 54.2 Å². The molecule has 3 heterocycles. The monoisotopic (exact) mass is 446 g/mol. The van der Waals surface area contributed by atoms with Gasteiger partial charge in [0.15, 0.2) is 0 Å². The van der Waals surface area contributed by atoms with Gasteiger partial charge in [0.2, 0.25) is 0 Å². The second-order valence-corrected chi connectivity index (χ2v) is 8.41. The van der Waals surface area contributed by atoms with Gasteiger partial charge in [-0.05, 0) is 49.0 Å². The Hall–Kier alpha value is -3.42. The number of anilines is 2. The first-order valence-electron chi connectivity index (χ1n) is 10.5. The van der Waals surface area contributed by atoms with Crippen molar-refractivity contribution >= 4 is 40.0 Å². The van der Waals surface area contributed by atoms with E-state index < -0.39 is 0 Å². The minimum atomic E-state index is 0.0835. The zero-order valence-corrected chi connectivity index (χ0v) is 18.4. The molecule has 32 heavy (non-hydrogen) atoms. The zero-order valence-electron chi connectivity index (χ0n) is 17.7. The summed E-state index contributed by atoms with van der Waals surface area (Å²) in [6.45, 7) is 3.34. The van der Waals surface area contributed by atoms with Gasteiger partial charge < -0.3 is 20.1 Å². The van der Waals surface area contributed by atoms with Crippen LogP contribution in [0, 0.1) is 0 Å². The SMILES string of the molecule is CN1CCN(C(=O)c2ccc(-c3cc4c(Nc5cccc(Cl)c5)ncnc4[nH]3)cc2)CC1. The van der Waals surface area contributed by atoms with Gasteiger partial charge in [0.1, 0.15) is 17.8 Å². The third-order valence-corrected chi connectivity index (χ3v) is 5.98. The molecule has 1 amide bonds. The van der Waals surface area contributed by atoms with E-state index in [4.69, 9.17) is 11.6 Å². The highest BCUT2D eigenvalue weighted by Crippen LogP contribution is 2.29. The Morgan fingerprint density at radius 2 is 1.81 bits per heavy atom. The number of carbonyl (C=O) groups excluding carboxylic acids is 1. The van der Waals surface area contributed by atoms with Crippen LogP contribution < -0.4 is 5.32 Å². The van der Waals surface area contributed by atoms with E-state index >= 15 is 0 Å². The fraction of sp³-hybridized carbons (Fsp3) is 0.208. The van der Waals surface area contributed by atoms with E-state index in [1.165, 1.54) is 6.33 Å². The summed E-state index contributed by atoms with van der Waals surface area (Å²) in [6, 6.07) is 17.2. The molecule has 0 aliphatic carbocycles. The summed E-state index contributed by atoms with van der Waals surface area (Å²) in [5.41, 5.74) is 4.18. The van der Waals surface area contributed by atoms with Crippen LogP contribution >= 0.6 is 11.6 Å². The van der Waals surface area contributed by atoms with Gasteiger partial charge in [0.05, 0.1) is 5.39 Å². The number of amides is 1. The van der Waals surface area contributed by atoms with Gasteiger partial charge >= 0.3 is 0 Å². The van der Waals surface area contributed by atoms with Crippen LogP contribution in [0.1, 0.15) is 10.4 Å². The van der Waals surface area contributed by atoms with Crippen molar-refractivity contribution in [3.63, 3.8) is 0 Å². The molecule has 2 N–H and O–H groups in total. The fourth-order valence-electron chi connectivity index (χ4n) is 3.88. The average molecular weight is 447 g/mol. The molecule has 1 saturated heterocycles. The van der Waals surface area contributed by atoms with Crippen molar-refractivity contribution in [1.82, 2.24) is 24.8 Å². The second kappa shape index (κ2) is 8.61. The average Bonchev–Trinajstić information content (AvgIpc) is 3.25. The minimum absolute atomic E-state index is 0.0835. The van der Waals surface area contributed by atoms with E-state index in [1.54, 1.807) is 0 Å². The molecule has 0 saturated carbocycles. The largest absolute Gasteiger partial charge is 0.340 e. The third kappa shape index (κ3) is 4.17. The van der Waals surface area contributed by atoms with E-state index in [1.807, 2.05) is 59.5 Å². The Kier molecular flexibility index (Phi) is 5.51. The standard InChI is InChI=1S/C24H23ClN6O/c1-30-9-11-31(12-10-30)24(32)17-7-5-16(6-8-17)21-14-20-22(26-15-27-23(20)29-21)28-19-4-2-3-18(25)13-19/h2-8,13-15H,9-12H2,1H3,(H2,26,27,28,29). The van der Waals surface area contributed by atoms with E-state index in [9.17, 15) is 4.79 Å². The number of hydrogen-bond donors (Lipinski definition) is 2. The van der Waals surface area contributed by atoms with Crippen LogP contribution in [0.3, 0.4) is 0 Å². The highest BCUT2D eigenvalue weighted by molar-refractivity contribution is 6.30. The van der Waals surface area contributed by atoms with Crippen molar-refractivity contribution in [2.24, 2.45) is 0 Å². The van der Waals surface area contributed by atoms with Crippen molar-refractivity contribution < 1.29 is 4.79 Å². The first-order chi connectivity index (χ1) is 15.6. The summed E-state index contributed by atoms with van der Waals surface area (Å²) in [5.74, 6) is 0.779. The van der Waals surface area contributed by atoms with Gasteiger partial charge in [0, 0.05) is 48.1 Å². The lowest BCUT2D eigenvalue weighted by Crippen LogP contribution is -2.47. The number of nitrogens with one attached hydrogen (secondary N) is 2. The summed E-state index contributed by atoms with van der Waals surface area (Å²) in [4.78, 5) is 29.1. The van der Waals surface area contributed by atoms with Crippen LogP contribution in [0.4, 0.5) is 11.5 Å². The molecule has 5 rings (SSSR count). The molecular formula is C24H23ClN6O. The number of aromatic amines is 1. The zero-order chi connectivity index (χ0) is 22.1. The maximum atomic E-state index is 12.8. The second-order valence-electron chi connectivity index (χ2n) is 7.98. The van der Waals surface area contributed by atoms with Gasteiger partial charge in [-0.1, -0.05) is 29.8 Å². The van der Waals surface area contributed by atoms with Crippen LogP contribution in [0.25, 0.3) is 22.3 Å². The van der Waals surface area contributed by atoms with Gasteiger partial charge in [-0.3, -0.25) is 4.79 Å². The molecule has 1 fully saturated rings. The van der Waals surface area contributed by atoms with Crippen molar-refractivity contribution in [3.05, 3.63) is 71.5 Å². The summed E-state index contributed by atoms with van der Waals surface area (Å²) in [6.07, 6.45) is 1.52. The Morgan fingerprint density at radius 3 is 2.56 bits per heavy atom. The summed E-state index contributed by atoms with van der Waals surface area (Å²) in [5, 5.41) is 4.84. The van der Waals surface area contributed by atoms with E-state index in [0.29, 0.717) is 16.4 Å². The number of likely N-dealkylation sites (N-methyl/N-ethyl adjacent to an activating group) is 1. The summed E-state index contributed by atoms with van der Waals surface area (Å²) < 4.78 is 0. The number of nitrogens with zero attached hydrogens (tertiary/aromatic N) is 4. The summed E-state index contributed by atoms with van der Waals surface area (Å²) in [7, 11) is 2.08. The molecule has 0 bridgehead atoms. The van der Waals surface area contributed by atoms with Crippen LogP contribution in [-0.4, -0.2) is 63.9 Å². The van der Waals surface area contributed by atoms with Gasteiger partial charge in [-0.25, -0.2) is 9.97 Å². The number of benzene rings is 2. The number of piperazine rings is 1. The molecule has 7 nitrogen and oxygen atoms in total. The quantitative estimate of drug-likeness (QED) is 0.485. The molecular weight excluding hydrogens is 424 g/mol. The Balaban J connectivity index is 1.38. The van der Waals surface area contributed by atoms with Crippen LogP contribution in [0.2, 0.25) is 5.02 Å². The predicted molar refractivity (Wildman–Crippen MR) is 127 cm³/mol. The normalized spacial score (nSPS) is 14.6. The molecule has 0 spiro atoms. The number of H-pyrrole nitrogens is 1. The molecule has 2 aromatic heterocycles. The molecule has 0 atom stereocenters. The van der Waals surface area contributed by atoms with Crippen molar-refractivity contribution in [2.45, 2.75) is 0 Å². The Labute approximate surface area is 191 Å². The number of rotatable bonds is 4. The first-order valence-corrected chi connectivity index (χ1v) is 10.9. The van der Waals surface area contributed by atoms with Gasteiger partial charge in [-0.15, -0.1) is 0 Å². The Bertz CT molecular complexity index is 1260. The van der Waals surface area contributed by atoms with Crippen molar-refractivity contribution in [1.29, 1.82) is 0 Å². The summed E-state index contributed by atoms with van der Waals surface area (Å²) >= 11 is 6.10. The van der Waals surface area contributed by atoms with Gasteiger partial charge in [-0.2, -0.15) is 0 Å². The lowest BCUT2D eigenvalue weighted by molar-refractivity contribution is 0.0664. The molecule has 0 radical (unpaired) electrons. The van der Waals surface area contributed by atoms with Crippen molar-refractivity contribution in [3.8, 4) is 11.3 Å². The number of hydrogen-bond acceptors (Lipinski definition) is 5. The van der Waals surface area contributed by atoms with Gasteiger partial charge in [0.25, 0.3) is 5.91 Å². The third-order valence-electron chi connectivity index (χ3n) is 5.75. The molecule has 162 valence electrons. The van der Waals surface area contributed by atoms with Crippen molar-refractivity contribution in [2.75, 3.05) is 38.5 Å². The fourth-order valence-corrected chi connectivity index (χ4v) is 4.07. The number of aromatic nitrogens is 3. The predicted octanol–water partition coefficient (Wildman–Crippen LogP) is 4.41. The van der Waals surface area contributed by atoms with E-state index in [-0.39, 0.29) is 5.91 Å². The number of carbonyl (C=O) groups is 1. The maximum absolute atomic E-state index is 12.8. The Morgan fingerprint density at radius 1 is 1.03 bits per heavy atom. The molecule has 1 aliphatic heterocycles. The smallest absolute Gasteiger partial charge is 0.253 e. The highest BCUT2D eigenvalue weighted by Gasteiger charge is 2.20. The minimum Gasteiger partial charge on any atom is -0.340 e.